The van der Waals surface area contributed by atoms with Crippen molar-refractivity contribution in [3.05, 3.63) is 60.9 Å². The molecule has 56 heavy (non-hydrogen) atoms. The van der Waals surface area contributed by atoms with Gasteiger partial charge in [-0.1, -0.05) is 152 Å². The summed E-state index contributed by atoms with van der Waals surface area (Å²) in [7, 11) is 1.62. The molecule has 0 heterocycles. The molecule has 0 aliphatic heterocycles. The van der Waals surface area contributed by atoms with E-state index in [0.29, 0.717) is 17.4 Å². The van der Waals surface area contributed by atoms with Crippen LogP contribution in [0, 0.1) is 0 Å². The zero-order valence-electron chi connectivity index (χ0n) is 36.5. The highest BCUT2D eigenvalue weighted by atomic mass is 31.2. The summed E-state index contributed by atoms with van der Waals surface area (Å²) in [5, 5.41) is 9.73. The number of hydrogen-bond acceptors (Lipinski definition) is 7. The van der Waals surface area contributed by atoms with Crippen molar-refractivity contribution in [3.63, 3.8) is 0 Å². The number of carbonyl (C=O) groups is 1. The van der Waals surface area contributed by atoms with Gasteiger partial charge in [-0.3, -0.25) is 13.8 Å². The van der Waals surface area contributed by atoms with Crippen LogP contribution in [-0.2, 0) is 27.9 Å². The van der Waals surface area contributed by atoms with Gasteiger partial charge in [-0.25, -0.2) is 4.57 Å². The molecule has 0 aliphatic carbocycles. The van der Waals surface area contributed by atoms with E-state index in [4.69, 9.17) is 18.5 Å². The third kappa shape index (κ3) is 41.6. The summed E-state index contributed by atoms with van der Waals surface area (Å²) in [6.45, 7) is 4.63. The van der Waals surface area contributed by atoms with Crippen molar-refractivity contribution in [2.75, 3.05) is 47.5 Å². The van der Waals surface area contributed by atoms with Crippen LogP contribution in [0.4, 0.5) is 0 Å². The van der Waals surface area contributed by atoms with Gasteiger partial charge in [-0.15, -0.1) is 0 Å². The summed E-state index contributed by atoms with van der Waals surface area (Å²) in [6.07, 6.45) is 45.7. The molecular weight excluding hydrogens is 725 g/mol. The van der Waals surface area contributed by atoms with Crippen molar-refractivity contribution in [3.8, 4) is 0 Å². The number of phosphoric ester groups is 1. The highest BCUT2D eigenvalue weighted by Gasteiger charge is 2.25. The molecule has 2 N–H and O–H groups in total. The van der Waals surface area contributed by atoms with Crippen LogP contribution < -0.4 is 0 Å². The van der Waals surface area contributed by atoms with E-state index in [-0.39, 0.29) is 38.3 Å². The second-order valence-corrected chi connectivity index (χ2v) is 17.4. The van der Waals surface area contributed by atoms with Crippen LogP contribution in [0.15, 0.2) is 60.9 Å². The Morgan fingerprint density at radius 3 is 1.71 bits per heavy atom. The van der Waals surface area contributed by atoms with Crippen LogP contribution in [-0.4, -0.2) is 80.2 Å². The molecule has 2 unspecified atom stereocenters. The standard InChI is InChI=1S/C46H84NO8P/c1-6-8-9-10-11-12-13-14-15-16-20-23-26-29-32-35-40-52-45(43-55-56(50,51)54-41-39-47(3,4)5)42-53-46(49)38-34-31-28-25-22-19-17-18-21-24-27-30-33-37-44(48)36-7-2/h17,19,21,24-25,28,30,33,35,40,44-45,48H,6-16,18,20,22-23,26-27,29,31-32,34,36-39,41-43H2,1-5H3/p+1/b19-17-,24-21-,28-25-,33-30-,40-35+/t44?,45-/m1/s1. The van der Waals surface area contributed by atoms with Crippen molar-refractivity contribution in [1.29, 1.82) is 0 Å². The topological polar surface area (TPSA) is 112 Å². The lowest BCUT2D eigenvalue weighted by Gasteiger charge is -2.24. The van der Waals surface area contributed by atoms with E-state index in [1.54, 1.807) is 6.26 Å². The van der Waals surface area contributed by atoms with Crippen LogP contribution in [0.1, 0.15) is 168 Å². The number of allylic oxidation sites excluding steroid dienone is 8. The Morgan fingerprint density at radius 2 is 1.16 bits per heavy atom. The maximum atomic E-state index is 12.5. The average molecular weight is 811 g/mol. The van der Waals surface area contributed by atoms with Crippen molar-refractivity contribution >= 4 is 13.8 Å². The number of esters is 1. The number of nitrogens with zero attached hydrogens (tertiary/aromatic N) is 1. The Morgan fingerprint density at radius 1 is 0.643 bits per heavy atom. The highest BCUT2D eigenvalue weighted by Crippen LogP contribution is 2.43. The van der Waals surface area contributed by atoms with Gasteiger partial charge in [0.2, 0.25) is 0 Å². The van der Waals surface area contributed by atoms with Crippen LogP contribution in [0.3, 0.4) is 0 Å². The second-order valence-electron chi connectivity index (χ2n) is 16.0. The van der Waals surface area contributed by atoms with Crippen molar-refractivity contribution in [2.45, 2.75) is 180 Å². The van der Waals surface area contributed by atoms with Gasteiger partial charge in [0, 0.05) is 6.42 Å². The van der Waals surface area contributed by atoms with Gasteiger partial charge in [-0.2, -0.15) is 0 Å². The van der Waals surface area contributed by atoms with Gasteiger partial charge in [-0.05, 0) is 63.9 Å². The Hall–Kier alpha value is -2.00. The Labute approximate surface area is 343 Å². The number of quaternary nitrogens is 1. The molecule has 0 saturated heterocycles. The summed E-state index contributed by atoms with van der Waals surface area (Å²) >= 11 is 0. The molecule has 0 aromatic rings. The minimum Gasteiger partial charge on any atom is -0.492 e. The minimum atomic E-state index is -4.29. The molecule has 0 fully saturated rings. The quantitative estimate of drug-likeness (QED) is 0.0157. The van der Waals surface area contributed by atoms with Crippen molar-refractivity contribution in [2.24, 2.45) is 0 Å². The molecule has 3 atom stereocenters. The van der Waals surface area contributed by atoms with Gasteiger partial charge in [0.1, 0.15) is 19.8 Å². The Bertz CT molecular complexity index is 1100. The van der Waals surface area contributed by atoms with Crippen molar-refractivity contribution in [1.82, 2.24) is 0 Å². The molecule has 0 amide bonds. The zero-order valence-corrected chi connectivity index (χ0v) is 37.4. The molecule has 0 aromatic heterocycles. The molecule has 0 spiro atoms. The highest BCUT2D eigenvalue weighted by molar-refractivity contribution is 7.47. The Kier molecular flexibility index (Phi) is 37.1. The van der Waals surface area contributed by atoms with Gasteiger partial charge in [0.25, 0.3) is 0 Å². The number of unbranched alkanes of at least 4 members (excludes halogenated alkanes) is 15. The number of aliphatic hydroxyl groups excluding tert-OH is 1. The largest absolute Gasteiger partial charge is 0.492 e. The number of phosphoric acid groups is 1. The molecule has 0 saturated carbocycles. The number of hydrogen-bond donors (Lipinski definition) is 2. The molecule has 10 heteroatoms. The molecule has 0 aromatic carbocycles. The lowest BCUT2D eigenvalue weighted by molar-refractivity contribution is -0.870. The zero-order chi connectivity index (χ0) is 41.4. The Balaban J connectivity index is 4.40. The summed E-state index contributed by atoms with van der Waals surface area (Å²) in [5.41, 5.74) is 0. The third-order valence-corrected chi connectivity index (χ3v) is 10.2. The van der Waals surface area contributed by atoms with Gasteiger partial charge >= 0.3 is 13.8 Å². The van der Waals surface area contributed by atoms with Gasteiger partial charge in [0.15, 0.2) is 6.10 Å². The van der Waals surface area contributed by atoms with E-state index in [1.165, 1.54) is 83.5 Å². The van der Waals surface area contributed by atoms with Crippen LogP contribution in [0.25, 0.3) is 0 Å². The van der Waals surface area contributed by atoms with Crippen LogP contribution in [0.2, 0.25) is 0 Å². The first kappa shape index (κ1) is 54.0. The fourth-order valence-corrected chi connectivity index (χ4v) is 6.46. The number of carbonyl (C=O) groups excluding carboxylic acids is 1. The molecule has 0 aliphatic rings. The summed E-state index contributed by atoms with van der Waals surface area (Å²) in [4.78, 5) is 22.6. The monoisotopic (exact) mass is 811 g/mol. The first-order valence-corrected chi connectivity index (χ1v) is 23.6. The predicted octanol–water partition coefficient (Wildman–Crippen LogP) is 12.3. The second kappa shape index (κ2) is 38.5. The summed E-state index contributed by atoms with van der Waals surface area (Å²) in [6, 6.07) is 0. The first-order valence-electron chi connectivity index (χ1n) is 22.2. The fourth-order valence-electron chi connectivity index (χ4n) is 5.72. The number of rotatable bonds is 40. The maximum Gasteiger partial charge on any atom is 0.472 e. The van der Waals surface area contributed by atoms with E-state index in [2.05, 4.69) is 62.5 Å². The number of ether oxygens (including phenoxy) is 2. The van der Waals surface area contributed by atoms with E-state index < -0.39 is 13.9 Å². The normalized spacial score (nSPS) is 14.8. The summed E-state index contributed by atoms with van der Waals surface area (Å²) < 4.78 is 34.7. The molecule has 0 bridgehead atoms. The molecule has 0 rings (SSSR count). The predicted molar refractivity (Wildman–Crippen MR) is 234 cm³/mol. The fraction of sp³-hybridized carbons (Fsp3) is 0.761. The SMILES string of the molecule is CCCCCCCCCCCCCCCC/C=C/O[C@H](COC(=O)CCC/C=C\C/C=C\C/C=C\C/C=C\CC(O)CCC)COP(=O)(O)OCC[N+](C)(C)C. The van der Waals surface area contributed by atoms with Gasteiger partial charge in [0.05, 0.1) is 40.1 Å². The van der Waals surface area contributed by atoms with E-state index in [1.807, 2.05) is 27.2 Å². The van der Waals surface area contributed by atoms with E-state index in [0.717, 1.165) is 57.8 Å². The van der Waals surface area contributed by atoms with Crippen molar-refractivity contribution < 1.29 is 42.4 Å². The smallest absolute Gasteiger partial charge is 0.472 e. The minimum absolute atomic E-state index is 0.0733. The third-order valence-electron chi connectivity index (χ3n) is 9.23. The van der Waals surface area contributed by atoms with Gasteiger partial charge < -0.3 is 24.0 Å². The molecule has 326 valence electrons. The molecular formula is C46H85NO8P+. The van der Waals surface area contributed by atoms with E-state index in [9.17, 15) is 19.4 Å². The van der Waals surface area contributed by atoms with Crippen LogP contribution in [0.5, 0.6) is 0 Å². The maximum absolute atomic E-state index is 12.5. The molecule has 0 radical (unpaired) electrons. The number of aliphatic hydroxyl groups is 1. The lowest BCUT2D eigenvalue weighted by Crippen LogP contribution is -2.37. The van der Waals surface area contributed by atoms with E-state index >= 15 is 0 Å². The molecule has 9 nitrogen and oxygen atoms in total. The van der Waals surface area contributed by atoms with Crippen LogP contribution >= 0.6 is 7.82 Å². The average Bonchev–Trinajstić information content (AvgIpc) is 3.14. The lowest BCUT2D eigenvalue weighted by atomic mass is 10.0. The summed E-state index contributed by atoms with van der Waals surface area (Å²) in [5.74, 6) is -0.344. The number of likely N-dealkylation sites (N-methyl/N-ethyl adjacent to an activating group) is 1. The first-order chi connectivity index (χ1) is 27.0.